The molecule has 0 N–H and O–H groups in total. The third-order valence-electron chi connectivity index (χ3n) is 4.91. The lowest BCUT2D eigenvalue weighted by Crippen LogP contribution is -2.42. The summed E-state index contributed by atoms with van der Waals surface area (Å²) in [5.41, 5.74) is 1.96. The van der Waals surface area contributed by atoms with Gasteiger partial charge < -0.3 is 0 Å². The van der Waals surface area contributed by atoms with E-state index in [9.17, 15) is 0 Å². The van der Waals surface area contributed by atoms with Crippen molar-refractivity contribution >= 4 is 0 Å². The van der Waals surface area contributed by atoms with E-state index in [1.165, 1.54) is 0 Å². The first kappa shape index (κ1) is 15.7. The molecule has 126 valence electrons. The van der Waals surface area contributed by atoms with Gasteiger partial charge in [0, 0.05) is 39.3 Å². The van der Waals surface area contributed by atoms with Crippen molar-refractivity contribution in [2.45, 2.75) is 37.1 Å². The van der Waals surface area contributed by atoms with Gasteiger partial charge in [-0.15, -0.1) is 0 Å². The van der Waals surface area contributed by atoms with Crippen molar-refractivity contribution in [3.8, 4) is 0 Å². The summed E-state index contributed by atoms with van der Waals surface area (Å²) in [4.78, 5) is 20.9. The molecule has 24 heavy (non-hydrogen) atoms. The van der Waals surface area contributed by atoms with Gasteiger partial charge in [-0.25, -0.2) is 0 Å². The van der Waals surface area contributed by atoms with E-state index < -0.39 is 0 Å². The molecule has 2 saturated heterocycles. The molecule has 2 aromatic heterocycles. The van der Waals surface area contributed by atoms with Crippen molar-refractivity contribution < 1.29 is 9.68 Å². The predicted octanol–water partition coefficient (Wildman–Crippen LogP) is 2.53. The van der Waals surface area contributed by atoms with E-state index in [1.807, 2.05) is 73.0 Å². The molecule has 0 unspecified atom stereocenters. The molecule has 0 aromatic carbocycles. The number of rotatable bonds is 3. The van der Waals surface area contributed by atoms with E-state index in [4.69, 9.17) is 9.68 Å². The summed E-state index contributed by atoms with van der Waals surface area (Å²) in [5.74, 6) is 0. The molecule has 0 aliphatic carbocycles. The fraction of sp³-hybridized carbons (Fsp3) is 0.444. The van der Waals surface area contributed by atoms with Gasteiger partial charge in [-0.2, -0.15) is 10.1 Å². The van der Waals surface area contributed by atoms with Crippen LogP contribution in [0.25, 0.3) is 0 Å². The molecule has 0 saturated carbocycles. The second-order valence-corrected chi connectivity index (χ2v) is 6.40. The van der Waals surface area contributed by atoms with Gasteiger partial charge in [-0.3, -0.25) is 19.6 Å². The van der Waals surface area contributed by atoms with E-state index in [1.54, 1.807) is 0 Å². The largest absolute Gasteiger partial charge is 0.289 e. The molecular weight excluding hydrogens is 304 g/mol. The summed E-state index contributed by atoms with van der Waals surface area (Å²) in [6.07, 6.45) is 5.44. The summed E-state index contributed by atoms with van der Waals surface area (Å²) >= 11 is 0. The lowest BCUT2D eigenvalue weighted by Gasteiger charge is -2.27. The van der Waals surface area contributed by atoms with Crippen molar-refractivity contribution in [1.29, 1.82) is 0 Å². The summed E-state index contributed by atoms with van der Waals surface area (Å²) in [6, 6.07) is 12.4. The third-order valence-corrected chi connectivity index (χ3v) is 4.91. The zero-order valence-electron chi connectivity index (χ0n) is 13.9. The monoisotopic (exact) mass is 326 g/mol. The fourth-order valence-corrected chi connectivity index (χ4v) is 3.66. The van der Waals surface area contributed by atoms with Gasteiger partial charge in [-0.05, 0) is 24.3 Å². The highest BCUT2D eigenvalue weighted by molar-refractivity contribution is 5.11. The van der Waals surface area contributed by atoms with Gasteiger partial charge in [0.2, 0.25) is 0 Å². The summed E-state index contributed by atoms with van der Waals surface area (Å²) in [7, 11) is 3.99. The second kappa shape index (κ2) is 6.57. The number of likely N-dealkylation sites (N-methyl/N-ethyl adjacent to an activating group) is 2. The topological polar surface area (TPSA) is 50.7 Å². The van der Waals surface area contributed by atoms with E-state index in [2.05, 4.69) is 9.97 Å². The highest BCUT2D eigenvalue weighted by Crippen LogP contribution is 2.40. The van der Waals surface area contributed by atoms with E-state index in [0.717, 1.165) is 24.2 Å². The number of hydroxylamine groups is 4. The van der Waals surface area contributed by atoms with E-state index >= 15 is 0 Å². The average Bonchev–Trinajstić information content (AvgIpc) is 3.19. The number of hydrogen-bond acceptors (Lipinski definition) is 6. The molecule has 6 heteroatoms. The van der Waals surface area contributed by atoms with Gasteiger partial charge in [0.05, 0.1) is 23.5 Å². The highest BCUT2D eigenvalue weighted by atomic mass is 16.7. The van der Waals surface area contributed by atoms with Crippen LogP contribution in [0.3, 0.4) is 0 Å². The molecule has 2 aliphatic rings. The van der Waals surface area contributed by atoms with Crippen molar-refractivity contribution in [2.75, 3.05) is 14.1 Å². The third kappa shape index (κ3) is 2.93. The number of aromatic nitrogens is 2. The minimum atomic E-state index is 0.00324. The Balaban J connectivity index is 1.48. The first-order valence-corrected chi connectivity index (χ1v) is 8.33. The standard InChI is InChI=1S/C18H22N4O2/c1-21-15(11-17(23-21)13-7-3-5-9-19-13)16-12-18(24-22(16)2)14-8-4-6-10-20-14/h3-10,15-18H,11-12H2,1-2H3/t15-,16+,17-,18-/m0/s1. The highest BCUT2D eigenvalue weighted by Gasteiger charge is 2.44. The molecule has 6 nitrogen and oxygen atoms in total. The molecule has 0 bridgehead atoms. The van der Waals surface area contributed by atoms with Crippen LogP contribution in [0.2, 0.25) is 0 Å². The molecule has 2 aliphatic heterocycles. The molecule has 4 heterocycles. The lowest BCUT2D eigenvalue weighted by molar-refractivity contribution is -0.184. The summed E-state index contributed by atoms with van der Waals surface area (Å²) in [5, 5.41) is 3.93. The van der Waals surface area contributed by atoms with Crippen LogP contribution in [0.5, 0.6) is 0 Å². The second-order valence-electron chi connectivity index (χ2n) is 6.40. The van der Waals surface area contributed by atoms with Crippen LogP contribution in [0.1, 0.15) is 36.4 Å². The van der Waals surface area contributed by atoms with E-state index in [0.29, 0.717) is 0 Å². The van der Waals surface area contributed by atoms with Crippen LogP contribution in [-0.4, -0.2) is 46.3 Å². The van der Waals surface area contributed by atoms with Gasteiger partial charge >= 0.3 is 0 Å². The van der Waals surface area contributed by atoms with Crippen LogP contribution in [0, 0.1) is 0 Å². The van der Waals surface area contributed by atoms with Crippen molar-refractivity contribution in [1.82, 2.24) is 20.1 Å². The smallest absolute Gasteiger partial charge is 0.123 e. The Hall–Kier alpha value is -1.86. The quantitative estimate of drug-likeness (QED) is 0.864. The Morgan fingerprint density at radius 2 is 1.25 bits per heavy atom. The Morgan fingerprint density at radius 1 is 0.792 bits per heavy atom. The maximum absolute atomic E-state index is 6.03. The van der Waals surface area contributed by atoms with Gasteiger partial charge in [0.15, 0.2) is 0 Å². The van der Waals surface area contributed by atoms with Crippen LogP contribution < -0.4 is 0 Å². The van der Waals surface area contributed by atoms with Gasteiger partial charge in [0.1, 0.15) is 12.2 Å². The lowest BCUT2D eigenvalue weighted by atomic mass is 9.96. The van der Waals surface area contributed by atoms with Crippen molar-refractivity contribution in [3.63, 3.8) is 0 Å². The van der Waals surface area contributed by atoms with E-state index in [-0.39, 0.29) is 24.3 Å². The molecule has 2 aromatic rings. The normalized spacial score (nSPS) is 31.6. The fourth-order valence-electron chi connectivity index (χ4n) is 3.66. The molecule has 0 radical (unpaired) electrons. The number of pyridine rings is 2. The maximum Gasteiger partial charge on any atom is 0.123 e. The molecule has 0 spiro atoms. The Labute approximate surface area is 141 Å². The Bertz CT molecular complexity index is 610. The molecule has 4 atom stereocenters. The van der Waals surface area contributed by atoms with Crippen molar-refractivity contribution in [3.05, 3.63) is 60.2 Å². The number of hydrogen-bond donors (Lipinski definition) is 0. The minimum absolute atomic E-state index is 0.00324. The SMILES string of the molecule is CN1O[C@H](c2ccccn2)C[C@@H]1[C@@H]1C[C@@H](c2ccccn2)ON1C. The van der Waals surface area contributed by atoms with Crippen LogP contribution in [0.15, 0.2) is 48.8 Å². The van der Waals surface area contributed by atoms with Gasteiger partial charge in [0.25, 0.3) is 0 Å². The summed E-state index contributed by atoms with van der Waals surface area (Å²) in [6.45, 7) is 0. The first-order valence-electron chi connectivity index (χ1n) is 8.33. The first-order chi connectivity index (χ1) is 11.7. The zero-order valence-corrected chi connectivity index (χ0v) is 13.9. The zero-order chi connectivity index (χ0) is 16.5. The molecule has 0 amide bonds. The minimum Gasteiger partial charge on any atom is -0.289 e. The van der Waals surface area contributed by atoms with Gasteiger partial charge in [-0.1, -0.05) is 12.1 Å². The van der Waals surface area contributed by atoms with Crippen molar-refractivity contribution in [2.24, 2.45) is 0 Å². The Kier molecular flexibility index (Phi) is 4.28. The van der Waals surface area contributed by atoms with Crippen LogP contribution >= 0.6 is 0 Å². The predicted molar refractivity (Wildman–Crippen MR) is 88.5 cm³/mol. The average molecular weight is 326 g/mol. The number of nitrogens with zero attached hydrogens (tertiary/aromatic N) is 4. The van der Waals surface area contributed by atoms with Crippen LogP contribution in [0.4, 0.5) is 0 Å². The molecule has 4 rings (SSSR count). The Morgan fingerprint density at radius 3 is 1.62 bits per heavy atom. The summed E-state index contributed by atoms with van der Waals surface area (Å²) < 4.78 is 0. The maximum atomic E-state index is 6.03. The van der Waals surface area contributed by atoms with Crippen LogP contribution in [-0.2, 0) is 9.68 Å². The molecular formula is C18H22N4O2. The molecule has 2 fully saturated rings.